The molecule has 0 bridgehead atoms. The van der Waals surface area contributed by atoms with Crippen molar-refractivity contribution in [1.82, 2.24) is 0 Å². The van der Waals surface area contributed by atoms with Crippen molar-refractivity contribution in [3.63, 3.8) is 0 Å². The van der Waals surface area contributed by atoms with Crippen LogP contribution in [0, 0.1) is 6.92 Å². The number of hydrogen-bond donors (Lipinski definition) is 3. The highest BCUT2D eigenvalue weighted by molar-refractivity contribution is 5.87. The van der Waals surface area contributed by atoms with Crippen molar-refractivity contribution in [2.75, 3.05) is 0 Å². The molecule has 0 aliphatic rings. The van der Waals surface area contributed by atoms with E-state index in [1.54, 1.807) is 19.1 Å². The molecule has 0 radical (unpaired) electrons. The van der Waals surface area contributed by atoms with Gasteiger partial charge in [-0.25, -0.2) is 0 Å². The van der Waals surface area contributed by atoms with Crippen LogP contribution in [-0.4, -0.2) is 21.4 Å². The second kappa shape index (κ2) is 8.82. The Kier molecular flexibility index (Phi) is 6.37. The lowest BCUT2D eigenvalue weighted by Gasteiger charge is -2.14. The second-order valence-corrected chi connectivity index (χ2v) is 8.25. The van der Waals surface area contributed by atoms with E-state index in [9.17, 15) is 20.1 Å². The van der Waals surface area contributed by atoms with Gasteiger partial charge in [-0.2, -0.15) is 0 Å². The van der Waals surface area contributed by atoms with Gasteiger partial charge in [-0.05, 0) is 62.9 Å². The summed E-state index contributed by atoms with van der Waals surface area (Å²) in [6.07, 6.45) is 3.27. The number of phenolic OH excluding ortho intramolecular Hbond substituents is 2. The van der Waals surface area contributed by atoms with E-state index >= 15 is 0 Å². The Bertz CT molecular complexity index is 1240. The molecule has 0 spiro atoms. The van der Waals surface area contributed by atoms with E-state index in [2.05, 4.69) is 6.58 Å². The van der Waals surface area contributed by atoms with Crippen LogP contribution in [0.2, 0.25) is 0 Å². The van der Waals surface area contributed by atoms with Crippen LogP contribution in [0.15, 0.2) is 63.5 Å². The van der Waals surface area contributed by atoms with Crippen LogP contribution in [0.1, 0.15) is 37.5 Å². The van der Waals surface area contributed by atoms with Crippen LogP contribution < -0.4 is 5.43 Å². The third-order valence-electron chi connectivity index (χ3n) is 5.51. The van der Waals surface area contributed by atoms with Gasteiger partial charge in [-0.1, -0.05) is 29.9 Å². The number of rotatable bonds is 6. The summed E-state index contributed by atoms with van der Waals surface area (Å²) < 4.78 is 5.71. The fourth-order valence-corrected chi connectivity index (χ4v) is 3.56. The summed E-state index contributed by atoms with van der Waals surface area (Å²) >= 11 is 0. The highest BCUT2D eigenvalue weighted by Gasteiger charge is 2.18. The van der Waals surface area contributed by atoms with E-state index in [1.165, 1.54) is 18.4 Å². The van der Waals surface area contributed by atoms with E-state index in [4.69, 9.17) is 4.42 Å². The van der Waals surface area contributed by atoms with Gasteiger partial charge in [-0.3, -0.25) is 4.79 Å². The minimum atomic E-state index is -0.794. The molecule has 1 aromatic heterocycles. The van der Waals surface area contributed by atoms with Crippen LogP contribution >= 0.6 is 0 Å². The van der Waals surface area contributed by atoms with E-state index in [1.807, 2.05) is 26.8 Å². The minimum Gasteiger partial charge on any atom is -0.508 e. The van der Waals surface area contributed by atoms with Crippen LogP contribution in [0.4, 0.5) is 0 Å². The standard InChI is InChI=1S/C26H28O5/c1-14(2)6-8-19-16(5)25-24(12-23(19)29)31-13-20(26(25)30)17-7-9-21(27)18(10-17)11-22(28)15(3)4/h6-7,9-10,12-13,22,27-29H,3,8,11H2,1-2,4-5H3/t22-/m1/s1. The Morgan fingerprint density at radius 1 is 1.16 bits per heavy atom. The third kappa shape index (κ3) is 4.57. The summed E-state index contributed by atoms with van der Waals surface area (Å²) in [4.78, 5) is 13.4. The Hall–Kier alpha value is -3.31. The first-order valence-electron chi connectivity index (χ1n) is 10.2. The number of aryl methyl sites for hydroxylation is 1. The number of benzene rings is 2. The summed E-state index contributed by atoms with van der Waals surface area (Å²) in [7, 11) is 0. The predicted octanol–water partition coefficient (Wildman–Crippen LogP) is 5.17. The van der Waals surface area contributed by atoms with Gasteiger partial charge in [0.25, 0.3) is 0 Å². The molecule has 0 saturated heterocycles. The van der Waals surface area contributed by atoms with Crippen LogP contribution in [-0.2, 0) is 12.8 Å². The quantitative estimate of drug-likeness (QED) is 0.479. The zero-order valence-corrected chi connectivity index (χ0v) is 18.3. The molecule has 0 saturated carbocycles. The monoisotopic (exact) mass is 420 g/mol. The maximum absolute atomic E-state index is 13.4. The van der Waals surface area contributed by atoms with E-state index in [0.717, 1.165) is 5.57 Å². The number of aromatic hydroxyl groups is 2. The van der Waals surface area contributed by atoms with Crippen LogP contribution in [0.25, 0.3) is 22.1 Å². The van der Waals surface area contributed by atoms with E-state index in [-0.39, 0.29) is 23.3 Å². The number of allylic oxidation sites excluding steroid dienone is 2. The summed E-state index contributed by atoms with van der Waals surface area (Å²) in [6, 6.07) is 6.31. The highest BCUT2D eigenvalue weighted by atomic mass is 16.3. The molecule has 31 heavy (non-hydrogen) atoms. The van der Waals surface area contributed by atoms with Gasteiger partial charge in [0.1, 0.15) is 23.3 Å². The first kappa shape index (κ1) is 22.4. The van der Waals surface area contributed by atoms with Crippen molar-refractivity contribution < 1.29 is 19.7 Å². The Morgan fingerprint density at radius 3 is 2.52 bits per heavy atom. The Balaban J connectivity index is 2.16. The molecule has 1 heterocycles. The topological polar surface area (TPSA) is 90.9 Å². The zero-order chi connectivity index (χ0) is 22.9. The van der Waals surface area contributed by atoms with Gasteiger partial charge in [0.05, 0.1) is 17.1 Å². The van der Waals surface area contributed by atoms with Crippen LogP contribution in [0.3, 0.4) is 0 Å². The highest BCUT2D eigenvalue weighted by Crippen LogP contribution is 2.32. The molecule has 0 fully saturated rings. The Labute approximate surface area is 181 Å². The van der Waals surface area contributed by atoms with Crippen molar-refractivity contribution in [3.05, 3.63) is 81.2 Å². The van der Waals surface area contributed by atoms with Crippen LogP contribution in [0.5, 0.6) is 11.5 Å². The first-order valence-corrected chi connectivity index (χ1v) is 10.2. The summed E-state index contributed by atoms with van der Waals surface area (Å²) in [5.41, 5.74) is 4.63. The molecular formula is C26H28O5. The molecule has 0 aliphatic heterocycles. The van der Waals surface area contributed by atoms with E-state index < -0.39 is 6.10 Å². The Morgan fingerprint density at radius 2 is 1.87 bits per heavy atom. The molecule has 0 aliphatic carbocycles. The molecule has 162 valence electrons. The number of hydrogen-bond acceptors (Lipinski definition) is 5. The SMILES string of the molecule is C=C(C)[C@H](O)Cc1cc(-c2coc3cc(O)c(CC=C(C)C)c(C)c3c2=O)ccc1O. The number of aliphatic hydroxyl groups excluding tert-OH is 1. The maximum atomic E-state index is 13.4. The average Bonchev–Trinajstić information content (AvgIpc) is 2.69. The summed E-state index contributed by atoms with van der Waals surface area (Å²) in [5, 5.41) is 31.2. The third-order valence-corrected chi connectivity index (χ3v) is 5.51. The fourth-order valence-electron chi connectivity index (χ4n) is 3.56. The van der Waals surface area contributed by atoms with E-state index in [0.29, 0.717) is 50.8 Å². The minimum absolute atomic E-state index is 0.0411. The van der Waals surface area contributed by atoms with Gasteiger partial charge in [-0.15, -0.1) is 0 Å². The summed E-state index contributed by atoms with van der Waals surface area (Å²) in [5.74, 6) is 0.137. The molecule has 3 N–H and O–H groups in total. The van der Waals surface area contributed by atoms with Gasteiger partial charge in [0.15, 0.2) is 0 Å². The smallest absolute Gasteiger partial charge is 0.200 e. The second-order valence-electron chi connectivity index (χ2n) is 8.25. The predicted molar refractivity (Wildman–Crippen MR) is 124 cm³/mol. The largest absolute Gasteiger partial charge is 0.508 e. The fraction of sp³-hybridized carbons (Fsp3) is 0.269. The molecule has 1 atom stereocenters. The van der Waals surface area contributed by atoms with Gasteiger partial charge in [0, 0.05) is 18.1 Å². The molecule has 5 nitrogen and oxygen atoms in total. The van der Waals surface area contributed by atoms with Crippen molar-refractivity contribution in [2.24, 2.45) is 0 Å². The number of fused-ring (bicyclic) bond motifs is 1. The molecule has 2 aromatic carbocycles. The molecule has 5 heteroatoms. The molecule has 0 unspecified atom stereocenters. The maximum Gasteiger partial charge on any atom is 0.200 e. The van der Waals surface area contributed by atoms with Gasteiger partial charge >= 0.3 is 0 Å². The number of aliphatic hydroxyl groups is 1. The lowest BCUT2D eigenvalue weighted by Crippen LogP contribution is -2.12. The normalized spacial score (nSPS) is 12.0. The molecule has 3 aromatic rings. The van der Waals surface area contributed by atoms with Crippen molar-refractivity contribution in [2.45, 2.75) is 46.6 Å². The van der Waals surface area contributed by atoms with Crippen molar-refractivity contribution in [3.8, 4) is 22.6 Å². The zero-order valence-electron chi connectivity index (χ0n) is 18.3. The summed E-state index contributed by atoms with van der Waals surface area (Å²) in [6.45, 7) is 11.2. The molecule has 3 rings (SSSR count). The number of phenols is 2. The molecular weight excluding hydrogens is 392 g/mol. The average molecular weight is 421 g/mol. The van der Waals surface area contributed by atoms with Crippen molar-refractivity contribution in [1.29, 1.82) is 0 Å². The molecule has 0 amide bonds. The van der Waals surface area contributed by atoms with Gasteiger partial charge in [0.2, 0.25) is 5.43 Å². The lowest BCUT2D eigenvalue weighted by atomic mass is 9.95. The van der Waals surface area contributed by atoms with Crippen molar-refractivity contribution >= 4 is 11.0 Å². The lowest BCUT2D eigenvalue weighted by molar-refractivity contribution is 0.210. The van der Waals surface area contributed by atoms with Gasteiger partial charge < -0.3 is 19.7 Å². The first-order chi connectivity index (χ1) is 14.6.